The van der Waals surface area contributed by atoms with Crippen LogP contribution in [0.2, 0.25) is 0 Å². The zero-order valence-corrected chi connectivity index (χ0v) is 11.8. The van der Waals surface area contributed by atoms with Crippen molar-refractivity contribution in [1.29, 1.82) is 0 Å². The van der Waals surface area contributed by atoms with Crippen molar-refractivity contribution in [3.8, 4) is 0 Å². The van der Waals surface area contributed by atoms with Crippen molar-refractivity contribution < 1.29 is 4.79 Å². The van der Waals surface area contributed by atoms with Crippen LogP contribution in [0.1, 0.15) is 12.8 Å². The number of nitrogens with zero attached hydrogens (tertiary/aromatic N) is 1. The van der Waals surface area contributed by atoms with Crippen LogP contribution in [0.5, 0.6) is 0 Å². The van der Waals surface area contributed by atoms with Crippen molar-refractivity contribution in [1.82, 2.24) is 5.32 Å². The van der Waals surface area contributed by atoms with E-state index in [0.29, 0.717) is 6.42 Å². The maximum absolute atomic E-state index is 11.1. The molecular formula is C12H18BrN3O. The molecule has 0 spiro atoms. The molecule has 0 heterocycles. The summed E-state index contributed by atoms with van der Waals surface area (Å²) in [6.45, 7) is 0.805. The molecule has 0 saturated heterocycles. The predicted octanol–water partition coefficient (Wildman–Crippen LogP) is 1.99. The Bertz CT molecular complexity index is 395. The summed E-state index contributed by atoms with van der Waals surface area (Å²) in [6.07, 6.45) is 1.35. The van der Waals surface area contributed by atoms with Crippen LogP contribution in [-0.2, 0) is 4.79 Å². The highest BCUT2D eigenvalue weighted by Crippen LogP contribution is 2.25. The Morgan fingerprint density at radius 1 is 1.53 bits per heavy atom. The van der Waals surface area contributed by atoms with Gasteiger partial charge in [-0.05, 0) is 24.6 Å². The van der Waals surface area contributed by atoms with Gasteiger partial charge in [-0.25, -0.2) is 0 Å². The molecule has 0 unspecified atom stereocenters. The Morgan fingerprint density at radius 3 is 2.82 bits per heavy atom. The topological polar surface area (TPSA) is 58.4 Å². The zero-order valence-electron chi connectivity index (χ0n) is 10.2. The molecule has 1 aromatic carbocycles. The highest BCUT2D eigenvalue weighted by molar-refractivity contribution is 9.10. The maximum Gasteiger partial charge on any atom is 0.219 e. The van der Waals surface area contributed by atoms with Crippen molar-refractivity contribution in [2.45, 2.75) is 12.8 Å². The number of nitrogens with one attached hydrogen (secondary N) is 1. The van der Waals surface area contributed by atoms with E-state index in [1.807, 2.05) is 25.2 Å². The van der Waals surface area contributed by atoms with Crippen molar-refractivity contribution in [3.63, 3.8) is 0 Å². The van der Waals surface area contributed by atoms with Crippen LogP contribution in [-0.4, -0.2) is 26.5 Å². The molecule has 0 aliphatic rings. The van der Waals surface area contributed by atoms with E-state index in [4.69, 9.17) is 5.73 Å². The first kappa shape index (κ1) is 13.8. The zero-order chi connectivity index (χ0) is 12.8. The summed E-state index contributed by atoms with van der Waals surface area (Å²) >= 11 is 3.38. The van der Waals surface area contributed by atoms with Crippen LogP contribution < -0.4 is 16.0 Å². The molecule has 1 rings (SSSR count). The van der Waals surface area contributed by atoms with Gasteiger partial charge in [0.1, 0.15) is 0 Å². The first-order valence-corrected chi connectivity index (χ1v) is 6.30. The number of benzene rings is 1. The molecule has 0 saturated carbocycles. The normalized spacial score (nSPS) is 10.1. The lowest BCUT2D eigenvalue weighted by Gasteiger charge is -2.21. The number of hydrogen-bond donors (Lipinski definition) is 2. The van der Waals surface area contributed by atoms with Gasteiger partial charge in [0.05, 0.1) is 11.4 Å². The Labute approximate surface area is 110 Å². The number of carbonyl (C=O) groups excluding carboxylic acids is 1. The van der Waals surface area contributed by atoms with Gasteiger partial charge < -0.3 is 16.0 Å². The van der Waals surface area contributed by atoms with Crippen molar-refractivity contribution >= 4 is 33.2 Å². The highest BCUT2D eigenvalue weighted by Gasteiger charge is 2.06. The van der Waals surface area contributed by atoms with Gasteiger partial charge in [0.15, 0.2) is 0 Å². The third-order valence-electron chi connectivity index (χ3n) is 2.58. The lowest BCUT2D eigenvalue weighted by atomic mass is 10.2. The number of rotatable bonds is 5. The van der Waals surface area contributed by atoms with Crippen molar-refractivity contribution in [2.75, 3.05) is 31.3 Å². The minimum absolute atomic E-state index is 0.0715. The van der Waals surface area contributed by atoms with Crippen LogP contribution in [0.15, 0.2) is 22.7 Å². The van der Waals surface area contributed by atoms with Crippen LogP contribution in [0, 0.1) is 0 Å². The van der Waals surface area contributed by atoms with Crippen LogP contribution in [0.3, 0.4) is 0 Å². The monoisotopic (exact) mass is 299 g/mol. The summed E-state index contributed by atoms with van der Waals surface area (Å²) in [5.41, 5.74) is 7.66. The van der Waals surface area contributed by atoms with Gasteiger partial charge in [0, 0.05) is 31.5 Å². The molecule has 0 aliphatic carbocycles. The Balaban J connectivity index is 2.52. The molecule has 5 heteroatoms. The molecular weight excluding hydrogens is 282 g/mol. The van der Waals surface area contributed by atoms with Crippen molar-refractivity contribution in [3.05, 3.63) is 22.7 Å². The maximum atomic E-state index is 11.1. The average Bonchev–Trinajstić information content (AvgIpc) is 2.28. The largest absolute Gasteiger partial charge is 0.397 e. The fourth-order valence-corrected chi connectivity index (χ4v) is 1.97. The Morgan fingerprint density at radius 2 is 2.24 bits per heavy atom. The van der Waals surface area contributed by atoms with E-state index in [2.05, 4.69) is 26.1 Å². The molecule has 0 atom stereocenters. The van der Waals surface area contributed by atoms with Gasteiger partial charge in [0.25, 0.3) is 0 Å². The first-order chi connectivity index (χ1) is 8.04. The number of nitrogen functional groups attached to an aromatic ring is 1. The molecule has 0 fully saturated rings. The second kappa shape index (κ2) is 6.49. The number of hydrogen-bond acceptors (Lipinski definition) is 3. The second-order valence-corrected chi connectivity index (χ2v) is 4.82. The number of halogens is 1. The minimum Gasteiger partial charge on any atom is -0.397 e. The number of anilines is 2. The van der Waals surface area contributed by atoms with Gasteiger partial charge in [0.2, 0.25) is 5.91 Å². The number of nitrogens with two attached hydrogens (primary N) is 1. The van der Waals surface area contributed by atoms with E-state index < -0.39 is 0 Å². The average molecular weight is 300 g/mol. The standard InChI is InChI=1S/C12H18BrN3O/c1-15-12(17)4-3-7-16(2)11-6-5-9(13)8-10(11)14/h5-6,8H,3-4,7,14H2,1-2H3,(H,15,17). The summed E-state index contributed by atoms with van der Waals surface area (Å²) in [5, 5.41) is 2.61. The lowest BCUT2D eigenvalue weighted by molar-refractivity contribution is -0.120. The van der Waals surface area contributed by atoms with Gasteiger partial charge in [-0.15, -0.1) is 0 Å². The molecule has 1 amide bonds. The summed E-state index contributed by atoms with van der Waals surface area (Å²) in [5.74, 6) is 0.0715. The van der Waals surface area contributed by atoms with Gasteiger partial charge in [-0.2, -0.15) is 0 Å². The van der Waals surface area contributed by atoms with Gasteiger partial charge >= 0.3 is 0 Å². The quantitative estimate of drug-likeness (QED) is 0.818. The van der Waals surface area contributed by atoms with E-state index in [0.717, 1.165) is 28.8 Å². The van der Waals surface area contributed by atoms with Crippen LogP contribution in [0.4, 0.5) is 11.4 Å². The van der Waals surface area contributed by atoms with Crippen molar-refractivity contribution in [2.24, 2.45) is 0 Å². The Kier molecular flexibility index (Phi) is 5.28. The van der Waals surface area contributed by atoms with E-state index in [9.17, 15) is 4.79 Å². The van der Waals surface area contributed by atoms with E-state index >= 15 is 0 Å². The molecule has 94 valence electrons. The molecule has 4 nitrogen and oxygen atoms in total. The molecule has 3 N–H and O–H groups in total. The number of amides is 1. The Hall–Kier alpha value is -1.23. The SMILES string of the molecule is CNC(=O)CCCN(C)c1ccc(Br)cc1N. The lowest BCUT2D eigenvalue weighted by Crippen LogP contribution is -2.23. The molecule has 0 radical (unpaired) electrons. The summed E-state index contributed by atoms with van der Waals surface area (Å²) in [4.78, 5) is 13.1. The van der Waals surface area contributed by atoms with Gasteiger partial charge in [-0.3, -0.25) is 4.79 Å². The minimum atomic E-state index is 0.0715. The summed E-state index contributed by atoms with van der Waals surface area (Å²) in [7, 11) is 3.63. The third kappa shape index (κ3) is 4.26. The van der Waals surface area contributed by atoms with E-state index in [-0.39, 0.29) is 5.91 Å². The van der Waals surface area contributed by atoms with E-state index in [1.165, 1.54) is 0 Å². The fourth-order valence-electron chi connectivity index (χ4n) is 1.60. The summed E-state index contributed by atoms with van der Waals surface area (Å²) < 4.78 is 0.970. The highest BCUT2D eigenvalue weighted by atomic mass is 79.9. The van der Waals surface area contributed by atoms with E-state index in [1.54, 1.807) is 7.05 Å². The number of carbonyl (C=O) groups is 1. The molecule has 0 bridgehead atoms. The molecule has 17 heavy (non-hydrogen) atoms. The second-order valence-electron chi connectivity index (χ2n) is 3.90. The first-order valence-electron chi connectivity index (χ1n) is 5.51. The van der Waals surface area contributed by atoms with Crippen LogP contribution >= 0.6 is 15.9 Å². The third-order valence-corrected chi connectivity index (χ3v) is 3.07. The fraction of sp³-hybridized carbons (Fsp3) is 0.417. The smallest absolute Gasteiger partial charge is 0.219 e. The molecule has 0 aliphatic heterocycles. The van der Waals surface area contributed by atoms with Crippen LogP contribution in [0.25, 0.3) is 0 Å². The summed E-state index contributed by atoms with van der Waals surface area (Å²) in [6, 6.07) is 5.81. The predicted molar refractivity (Wildman–Crippen MR) is 75.1 cm³/mol. The van der Waals surface area contributed by atoms with Gasteiger partial charge in [-0.1, -0.05) is 15.9 Å². The molecule has 1 aromatic rings. The molecule has 0 aromatic heterocycles.